The number of nitrogens with zero attached hydrogens (tertiary/aromatic N) is 1. The molecule has 11 heteroatoms. The number of carbonyl (C=O) groups excluding carboxylic acids is 5. The zero-order valence-corrected chi connectivity index (χ0v) is 21.9. The monoisotopic (exact) mass is 517 g/mol. The van der Waals surface area contributed by atoms with Crippen LogP contribution in [0.4, 0.5) is 0 Å². The molecule has 4 N–H and O–H groups in total. The molecule has 204 valence electrons. The number of hydrogen-bond acceptors (Lipinski definition) is 7. The fourth-order valence-corrected chi connectivity index (χ4v) is 5.08. The van der Waals surface area contributed by atoms with Crippen molar-refractivity contribution in [3.63, 3.8) is 0 Å². The van der Waals surface area contributed by atoms with Gasteiger partial charge in [-0.1, -0.05) is 51.1 Å². The average molecular weight is 518 g/mol. The number of nitrogens with one attached hydrogen (secondary N) is 4. The van der Waals surface area contributed by atoms with E-state index in [0.29, 0.717) is 31.4 Å². The van der Waals surface area contributed by atoms with Gasteiger partial charge in [0, 0.05) is 18.5 Å². The number of aldehydes is 1. The maximum absolute atomic E-state index is 13.3. The van der Waals surface area contributed by atoms with Crippen LogP contribution in [0, 0.1) is 24.7 Å². The van der Waals surface area contributed by atoms with E-state index >= 15 is 0 Å². The normalized spacial score (nSPS) is 20.5. The Bertz CT molecular complexity index is 970. The van der Waals surface area contributed by atoms with E-state index in [0.717, 1.165) is 32.1 Å². The highest BCUT2D eigenvalue weighted by Crippen LogP contribution is 2.27. The van der Waals surface area contributed by atoms with Crippen molar-refractivity contribution in [3.05, 3.63) is 17.5 Å². The summed E-state index contributed by atoms with van der Waals surface area (Å²) in [7, 11) is 0. The first-order chi connectivity index (χ1) is 17.7. The minimum atomic E-state index is -0.907. The second-order valence-corrected chi connectivity index (χ2v) is 10.6. The molecule has 1 aliphatic carbocycles. The van der Waals surface area contributed by atoms with E-state index in [1.165, 1.54) is 6.07 Å². The largest absolute Gasteiger partial charge is 0.361 e. The molecule has 11 nitrogen and oxygen atoms in total. The van der Waals surface area contributed by atoms with E-state index in [2.05, 4.69) is 26.4 Å². The Morgan fingerprint density at radius 2 is 1.81 bits per heavy atom. The first-order valence-electron chi connectivity index (χ1n) is 13.3. The van der Waals surface area contributed by atoms with E-state index in [9.17, 15) is 24.0 Å². The lowest BCUT2D eigenvalue weighted by atomic mass is 9.84. The molecular weight excluding hydrogens is 478 g/mol. The van der Waals surface area contributed by atoms with Crippen LogP contribution in [0.3, 0.4) is 0 Å². The third kappa shape index (κ3) is 8.13. The van der Waals surface area contributed by atoms with Gasteiger partial charge in [0.05, 0.1) is 6.04 Å². The molecule has 0 bridgehead atoms. The third-order valence-electron chi connectivity index (χ3n) is 7.22. The highest BCUT2D eigenvalue weighted by molar-refractivity contribution is 5.97. The van der Waals surface area contributed by atoms with Crippen LogP contribution in [0.15, 0.2) is 10.6 Å². The maximum atomic E-state index is 13.3. The van der Waals surface area contributed by atoms with Gasteiger partial charge in [-0.3, -0.25) is 19.2 Å². The van der Waals surface area contributed by atoms with Crippen LogP contribution in [-0.2, 0) is 19.2 Å². The van der Waals surface area contributed by atoms with Crippen LogP contribution in [-0.4, -0.2) is 59.7 Å². The summed E-state index contributed by atoms with van der Waals surface area (Å²) in [6, 6.07) is -1.13. The van der Waals surface area contributed by atoms with Crippen molar-refractivity contribution in [3.8, 4) is 0 Å². The lowest BCUT2D eigenvalue weighted by Crippen LogP contribution is -2.57. The SMILES string of the molecule is Cc1cc(C(=O)NC(C(=O)N[C@@H](CC2CCCCC2)C(=O)N[C@H](C=O)C[C@@H]2CCNC2=O)C(C)C)no1. The van der Waals surface area contributed by atoms with Crippen LogP contribution in [0.25, 0.3) is 0 Å². The van der Waals surface area contributed by atoms with Crippen molar-refractivity contribution in [2.75, 3.05) is 6.54 Å². The van der Waals surface area contributed by atoms with Crippen molar-refractivity contribution in [1.82, 2.24) is 26.4 Å². The van der Waals surface area contributed by atoms with Crippen molar-refractivity contribution in [1.29, 1.82) is 0 Å². The summed E-state index contributed by atoms with van der Waals surface area (Å²) in [5, 5.41) is 14.7. The lowest BCUT2D eigenvalue weighted by molar-refractivity contribution is -0.132. The quantitative estimate of drug-likeness (QED) is 0.305. The Kier molecular flexibility index (Phi) is 10.2. The van der Waals surface area contributed by atoms with E-state index in [-0.39, 0.29) is 35.8 Å². The maximum Gasteiger partial charge on any atom is 0.274 e. The number of amides is 4. The number of hydrogen-bond donors (Lipinski definition) is 4. The van der Waals surface area contributed by atoms with Gasteiger partial charge in [-0.05, 0) is 38.0 Å². The highest BCUT2D eigenvalue weighted by atomic mass is 16.5. The summed E-state index contributed by atoms with van der Waals surface area (Å²) in [6.45, 7) is 5.81. The first kappa shape index (κ1) is 28.3. The molecule has 1 aliphatic heterocycles. The summed E-state index contributed by atoms with van der Waals surface area (Å²) in [6.07, 6.45) is 7.14. The molecular formula is C26H39N5O6. The first-order valence-corrected chi connectivity index (χ1v) is 13.3. The molecule has 2 fully saturated rings. The molecule has 1 unspecified atom stereocenters. The molecule has 1 saturated carbocycles. The van der Waals surface area contributed by atoms with Crippen molar-refractivity contribution < 1.29 is 28.5 Å². The van der Waals surface area contributed by atoms with Gasteiger partial charge in [-0.2, -0.15) is 0 Å². The van der Waals surface area contributed by atoms with Crippen molar-refractivity contribution in [2.45, 2.75) is 90.3 Å². The molecule has 0 aromatic carbocycles. The van der Waals surface area contributed by atoms with Gasteiger partial charge in [-0.25, -0.2) is 0 Å². The molecule has 3 rings (SSSR count). The van der Waals surface area contributed by atoms with Crippen molar-refractivity contribution >= 4 is 29.9 Å². The fourth-order valence-electron chi connectivity index (χ4n) is 5.08. The Morgan fingerprint density at radius 1 is 1.08 bits per heavy atom. The number of aromatic nitrogens is 1. The molecule has 37 heavy (non-hydrogen) atoms. The van der Waals surface area contributed by atoms with Crippen LogP contribution in [0.5, 0.6) is 0 Å². The van der Waals surface area contributed by atoms with Crippen LogP contribution < -0.4 is 21.3 Å². The minimum Gasteiger partial charge on any atom is -0.361 e. The summed E-state index contributed by atoms with van der Waals surface area (Å²) in [5.74, 6) is -1.47. The van der Waals surface area contributed by atoms with Crippen LogP contribution >= 0.6 is 0 Å². The standard InChI is InChI=1S/C26H39N5O6/c1-15(2)22(30-25(35)21-11-16(3)37-31-21)26(36)29-20(12-17-7-5-4-6-8-17)24(34)28-19(14-32)13-18-9-10-27-23(18)33/h11,14-15,17-20,22H,4-10,12-13H2,1-3H3,(H,27,33)(H,28,34)(H,29,36)(H,30,35)/t18-,19-,20-,22?/m0/s1. The zero-order valence-electron chi connectivity index (χ0n) is 21.9. The molecule has 1 saturated heterocycles. The molecule has 1 aromatic heterocycles. The van der Waals surface area contributed by atoms with Gasteiger partial charge in [0.15, 0.2) is 5.69 Å². The third-order valence-corrected chi connectivity index (χ3v) is 7.22. The number of rotatable bonds is 12. The summed E-state index contributed by atoms with van der Waals surface area (Å²) in [4.78, 5) is 62.9. The van der Waals surface area contributed by atoms with Gasteiger partial charge >= 0.3 is 0 Å². The Balaban J connectivity index is 1.69. The predicted octanol–water partition coefficient (Wildman–Crippen LogP) is 1.40. The van der Waals surface area contributed by atoms with E-state index in [4.69, 9.17) is 4.52 Å². The Hall–Kier alpha value is -3.24. The lowest BCUT2D eigenvalue weighted by Gasteiger charge is -2.29. The van der Waals surface area contributed by atoms with Gasteiger partial charge in [-0.15, -0.1) is 0 Å². The van der Waals surface area contributed by atoms with Gasteiger partial charge < -0.3 is 30.6 Å². The van der Waals surface area contributed by atoms with E-state index < -0.39 is 35.8 Å². The van der Waals surface area contributed by atoms with Gasteiger partial charge in [0.1, 0.15) is 24.1 Å². The summed E-state index contributed by atoms with van der Waals surface area (Å²) < 4.78 is 4.95. The van der Waals surface area contributed by atoms with Crippen LogP contribution in [0.1, 0.15) is 81.5 Å². The Labute approximate surface area is 217 Å². The van der Waals surface area contributed by atoms with E-state index in [1.54, 1.807) is 20.8 Å². The summed E-state index contributed by atoms with van der Waals surface area (Å²) in [5.41, 5.74) is 0.0669. The topological polar surface area (TPSA) is 160 Å². The molecule has 0 radical (unpaired) electrons. The Morgan fingerprint density at radius 3 is 2.38 bits per heavy atom. The van der Waals surface area contributed by atoms with Crippen LogP contribution in [0.2, 0.25) is 0 Å². The minimum absolute atomic E-state index is 0.0669. The zero-order chi connectivity index (χ0) is 26.9. The number of carbonyl (C=O) groups is 5. The number of aryl methyl sites for hydroxylation is 1. The second-order valence-electron chi connectivity index (χ2n) is 10.6. The fraction of sp³-hybridized carbons (Fsp3) is 0.692. The molecule has 4 atom stereocenters. The molecule has 2 aliphatic rings. The predicted molar refractivity (Wildman–Crippen MR) is 134 cm³/mol. The smallest absolute Gasteiger partial charge is 0.274 e. The van der Waals surface area contributed by atoms with Gasteiger partial charge in [0.2, 0.25) is 17.7 Å². The second kappa shape index (κ2) is 13.3. The van der Waals surface area contributed by atoms with Gasteiger partial charge in [0.25, 0.3) is 5.91 Å². The molecule has 0 spiro atoms. The molecule has 1 aromatic rings. The van der Waals surface area contributed by atoms with Crippen molar-refractivity contribution in [2.24, 2.45) is 17.8 Å². The van der Waals surface area contributed by atoms with E-state index in [1.807, 2.05) is 0 Å². The summed E-state index contributed by atoms with van der Waals surface area (Å²) >= 11 is 0. The average Bonchev–Trinajstić information content (AvgIpc) is 3.49. The molecule has 4 amide bonds. The highest BCUT2D eigenvalue weighted by Gasteiger charge is 2.33. The molecule has 2 heterocycles.